The standard InChI is InChI=1S/C21H25N3O4S/c1-14(25)24(16-9-11-23(12-10-16)21(27)22-2)17-13-18(15-7-5-4-6-8-15)29-19(17)20(26)28-3/h4-8,13,16H,9-12H2,1-3H3,(H,22,27). The third-order valence-corrected chi connectivity index (χ3v) is 6.22. The highest BCUT2D eigenvalue weighted by atomic mass is 32.1. The Labute approximate surface area is 174 Å². The van der Waals surface area contributed by atoms with Crippen LogP contribution in [0.2, 0.25) is 0 Å². The molecule has 154 valence electrons. The summed E-state index contributed by atoms with van der Waals surface area (Å²) in [5, 5.41) is 2.63. The van der Waals surface area contributed by atoms with Gasteiger partial charge in [0.25, 0.3) is 0 Å². The fourth-order valence-electron chi connectivity index (χ4n) is 3.65. The summed E-state index contributed by atoms with van der Waals surface area (Å²) in [7, 11) is 2.95. The first kappa shape index (κ1) is 20.9. The molecule has 1 N–H and O–H groups in total. The van der Waals surface area contributed by atoms with E-state index in [9.17, 15) is 14.4 Å². The third-order valence-electron chi connectivity index (χ3n) is 5.07. The fourth-order valence-corrected chi connectivity index (χ4v) is 4.73. The maximum atomic E-state index is 12.6. The number of hydrogen-bond acceptors (Lipinski definition) is 5. The van der Waals surface area contributed by atoms with E-state index < -0.39 is 5.97 Å². The Hall–Kier alpha value is -2.87. The molecule has 2 heterocycles. The van der Waals surface area contributed by atoms with E-state index in [1.165, 1.54) is 25.4 Å². The number of likely N-dealkylation sites (tertiary alicyclic amines) is 1. The molecule has 3 rings (SSSR count). The number of carbonyl (C=O) groups is 3. The lowest BCUT2D eigenvalue weighted by Gasteiger charge is -2.37. The van der Waals surface area contributed by atoms with Gasteiger partial charge in [-0.05, 0) is 24.5 Å². The molecule has 0 bridgehead atoms. The van der Waals surface area contributed by atoms with Crippen LogP contribution in [0.3, 0.4) is 0 Å². The summed E-state index contributed by atoms with van der Waals surface area (Å²) in [6.07, 6.45) is 1.29. The number of amides is 3. The van der Waals surface area contributed by atoms with Gasteiger partial charge in [0.2, 0.25) is 5.91 Å². The lowest BCUT2D eigenvalue weighted by atomic mass is 10.0. The van der Waals surface area contributed by atoms with Gasteiger partial charge in [0.05, 0.1) is 12.8 Å². The van der Waals surface area contributed by atoms with Crippen molar-refractivity contribution in [2.24, 2.45) is 0 Å². The number of esters is 1. The van der Waals surface area contributed by atoms with Crippen molar-refractivity contribution >= 4 is 34.9 Å². The average Bonchev–Trinajstić information content (AvgIpc) is 3.18. The predicted octanol–water partition coefficient (Wildman–Crippen LogP) is 3.36. The molecule has 0 aliphatic carbocycles. The molecule has 1 aliphatic rings. The van der Waals surface area contributed by atoms with E-state index in [2.05, 4.69) is 5.32 Å². The quantitative estimate of drug-likeness (QED) is 0.777. The van der Waals surface area contributed by atoms with Gasteiger partial charge in [-0.1, -0.05) is 30.3 Å². The number of anilines is 1. The number of nitrogens with one attached hydrogen (secondary N) is 1. The van der Waals surface area contributed by atoms with Gasteiger partial charge in [0.15, 0.2) is 0 Å². The minimum atomic E-state index is -0.457. The van der Waals surface area contributed by atoms with Crippen molar-refractivity contribution in [2.75, 3.05) is 32.1 Å². The first-order chi connectivity index (χ1) is 14.0. The number of piperidine rings is 1. The van der Waals surface area contributed by atoms with Gasteiger partial charge < -0.3 is 19.9 Å². The molecule has 29 heavy (non-hydrogen) atoms. The van der Waals surface area contributed by atoms with Gasteiger partial charge in [0, 0.05) is 38.0 Å². The number of methoxy groups -OCH3 is 1. The molecule has 3 amide bonds. The van der Waals surface area contributed by atoms with Crippen LogP contribution in [-0.2, 0) is 9.53 Å². The summed E-state index contributed by atoms with van der Waals surface area (Å²) in [5.74, 6) is -0.591. The summed E-state index contributed by atoms with van der Waals surface area (Å²) < 4.78 is 4.98. The smallest absolute Gasteiger partial charge is 0.350 e. The van der Waals surface area contributed by atoms with Gasteiger partial charge in [-0.25, -0.2) is 9.59 Å². The van der Waals surface area contributed by atoms with Crippen molar-refractivity contribution in [1.29, 1.82) is 0 Å². The molecule has 8 heteroatoms. The second-order valence-electron chi connectivity index (χ2n) is 6.85. The molecule has 1 saturated heterocycles. The van der Waals surface area contributed by atoms with E-state index in [0.717, 1.165) is 10.4 Å². The lowest BCUT2D eigenvalue weighted by Crippen LogP contribution is -2.50. The fraction of sp³-hybridized carbons (Fsp3) is 0.381. The Balaban J connectivity index is 1.95. The van der Waals surface area contributed by atoms with Crippen molar-refractivity contribution in [3.63, 3.8) is 0 Å². The van der Waals surface area contributed by atoms with Crippen LogP contribution in [0.4, 0.5) is 10.5 Å². The number of carbonyl (C=O) groups excluding carboxylic acids is 3. The van der Waals surface area contributed by atoms with Gasteiger partial charge in [-0.3, -0.25) is 4.79 Å². The zero-order valence-corrected chi connectivity index (χ0v) is 17.6. The monoisotopic (exact) mass is 415 g/mol. The molecule has 1 aromatic carbocycles. The lowest BCUT2D eigenvalue weighted by molar-refractivity contribution is -0.117. The molecule has 7 nitrogen and oxygen atoms in total. The number of benzene rings is 1. The number of thiophene rings is 1. The molecule has 0 unspecified atom stereocenters. The van der Waals surface area contributed by atoms with Gasteiger partial charge in [-0.15, -0.1) is 11.3 Å². The van der Waals surface area contributed by atoms with E-state index in [0.29, 0.717) is 36.5 Å². The topological polar surface area (TPSA) is 79.0 Å². The Kier molecular flexibility index (Phi) is 6.53. The van der Waals surface area contributed by atoms with Crippen LogP contribution in [0.5, 0.6) is 0 Å². The maximum absolute atomic E-state index is 12.6. The summed E-state index contributed by atoms with van der Waals surface area (Å²) in [6, 6.07) is 11.4. The first-order valence-electron chi connectivity index (χ1n) is 9.50. The summed E-state index contributed by atoms with van der Waals surface area (Å²) >= 11 is 1.32. The molecule has 0 atom stereocenters. The Morgan fingerprint density at radius 2 is 1.83 bits per heavy atom. The normalized spacial score (nSPS) is 14.4. The molecule has 1 fully saturated rings. The third kappa shape index (κ3) is 4.42. The van der Waals surface area contributed by atoms with E-state index in [-0.39, 0.29) is 18.0 Å². The van der Waals surface area contributed by atoms with Crippen molar-refractivity contribution in [3.05, 3.63) is 41.3 Å². The highest BCUT2D eigenvalue weighted by Crippen LogP contribution is 2.39. The van der Waals surface area contributed by atoms with E-state index in [4.69, 9.17) is 4.74 Å². The first-order valence-corrected chi connectivity index (χ1v) is 10.3. The van der Waals surface area contributed by atoms with Gasteiger partial charge in [0.1, 0.15) is 4.88 Å². The van der Waals surface area contributed by atoms with Crippen molar-refractivity contribution in [3.8, 4) is 10.4 Å². The molecule has 0 spiro atoms. The highest BCUT2D eigenvalue weighted by molar-refractivity contribution is 7.18. The van der Waals surface area contributed by atoms with Crippen molar-refractivity contribution in [1.82, 2.24) is 10.2 Å². The van der Waals surface area contributed by atoms with Crippen molar-refractivity contribution in [2.45, 2.75) is 25.8 Å². The second-order valence-corrected chi connectivity index (χ2v) is 7.90. The number of nitrogens with zero attached hydrogens (tertiary/aromatic N) is 2. The zero-order valence-electron chi connectivity index (χ0n) is 16.8. The summed E-state index contributed by atoms with van der Waals surface area (Å²) in [4.78, 5) is 41.7. The minimum Gasteiger partial charge on any atom is -0.465 e. The van der Waals surface area contributed by atoms with E-state index in [1.807, 2.05) is 36.4 Å². The van der Waals surface area contributed by atoms with Crippen molar-refractivity contribution < 1.29 is 19.1 Å². The van der Waals surface area contributed by atoms with Crippen LogP contribution in [0.25, 0.3) is 10.4 Å². The highest BCUT2D eigenvalue weighted by Gasteiger charge is 2.32. The maximum Gasteiger partial charge on any atom is 0.350 e. The number of rotatable bonds is 4. The van der Waals surface area contributed by atoms with Crippen LogP contribution in [-0.4, -0.2) is 56.1 Å². The molecular weight excluding hydrogens is 390 g/mol. The molecule has 2 aromatic rings. The molecule has 1 aromatic heterocycles. The van der Waals surface area contributed by atoms with Crippen LogP contribution < -0.4 is 10.2 Å². The minimum absolute atomic E-state index is 0.0879. The molecular formula is C21H25N3O4S. The summed E-state index contributed by atoms with van der Waals surface area (Å²) in [6.45, 7) is 2.61. The average molecular weight is 416 g/mol. The largest absolute Gasteiger partial charge is 0.465 e. The number of ether oxygens (including phenoxy) is 1. The SMILES string of the molecule is CNC(=O)N1CCC(N(C(C)=O)c2cc(-c3ccccc3)sc2C(=O)OC)CC1. The molecule has 0 saturated carbocycles. The molecule has 1 aliphatic heterocycles. The Morgan fingerprint density at radius 3 is 2.38 bits per heavy atom. The van der Waals surface area contributed by atoms with Crippen LogP contribution in [0, 0.1) is 0 Å². The summed E-state index contributed by atoms with van der Waals surface area (Å²) in [5.41, 5.74) is 1.55. The Morgan fingerprint density at radius 1 is 1.17 bits per heavy atom. The number of hydrogen-bond donors (Lipinski definition) is 1. The van der Waals surface area contributed by atoms with Crippen LogP contribution in [0.15, 0.2) is 36.4 Å². The van der Waals surface area contributed by atoms with Gasteiger partial charge >= 0.3 is 12.0 Å². The zero-order chi connectivity index (χ0) is 21.0. The number of urea groups is 1. The van der Waals surface area contributed by atoms with E-state index in [1.54, 1.807) is 16.8 Å². The Bertz CT molecular complexity index is 889. The van der Waals surface area contributed by atoms with Crippen LogP contribution in [0.1, 0.15) is 29.4 Å². The van der Waals surface area contributed by atoms with Crippen LogP contribution >= 0.6 is 11.3 Å². The molecule has 0 radical (unpaired) electrons. The second kappa shape index (κ2) is 9.09. The predicted molar refractivity (Wildman–Crippen MR) is 113 cm³/mol. The van der Waals surface area contributed by atoms with Gasteiger partial charge in [-0.2, -0.15) is 0 Å². The van der Waals surface area contributed by atoms with E-state index >= 15 is 0 Å².